The van der Waals surface area contributed by atoms with Crippen molar-refractivity contribution in [2.45, 2.75) is 5.92 Å². The molecule has 4 nitrogen and oxygen atoms in total. The molecule has 0 N–H and O–H groups in total. The van der Waals surface area contributed by atoms with Crippen molar-refractivity contribution in [3.8, 4) is 0 Å². The van der Waals surface area contributed by atoms with Crippen LogP contribution in [0.3, 0.4) is 0 Å². The quantitative estimate of drug-likeness (QED) is 0.269. The minimum atomic E-state index is -0.484. The summed E-state index contributed by atoms with van der Waals surface area (Å²) in [6, 6.07) is 36.2. The molecule has 0 spiro atoms. The van der Waals surface area contributed by atoms with Crippen LogP contribution in [0.1, 0.15) is 33.0 Å². The molecule has 1 atom stereocenters. The molecule has 5 aromatic carbocycles. The van der Waals surface area contributed by atoms with Gasteiger partial charge in [0.15, 0.2) is 0 Å². The molecule has 2 aliphatic rings. The molecule has 0 fully saturated rings. The number of rotatable bonds is 2. The van der Waals surface area contributed by atoms with Crippen molar-refractivity contribution in [2.24, 2.45) is 5.10 Å². The Hall–Kier alpha value is -4.83. The molecule has 4 heteroatoms. The summed E-state index contributed by atoms with van der Waals surface area (Å²) >= 11 is 0. The Morgan fingerprint density at radius 3 is 1.95 bits per heavy atom. The molecular formula is C33H22N2O2. The van der Waals surface area contributed by atoms with Crippen LogP contribution >= 0.6 is 0 Å². The molecule has 1 unspecified atom stereocenters. The molecule has 5 aromatic rings. The van der Waals surface area contributed by atoms with Crippen molar-refractivity contribution in [3.63, 3.8) is 0 Å². The SMILES string of the molecule is CN1N=C(c2ccc3ccccc3c2)C(c2ccc3ccccc3c2)C2=C1c1ccccc1C(=O)C2=O. The third kappa shape index (κ3) is 3.26. The van der Waals surface area contributed by atoms with E-state index in [1.807, 2.05) is 43.4 Å². The molecule has 7 rings (SSSR count). The Morgan fingerprint density at radius 1 is 0.622 bits per heavy atom. The highest BCUT2D eigenvalue weighted by molar-refractivity contribution is 6.53. The Morgan fingerprint density at radius 2 is 1.22 bits per heavy atom. The van der Waals surface area contributed by atoms with Crippen LogP contribution in [0.4, 0.5) is 0 Å². The van der Waals surface area contributed by atoms with Crippen LogP contribution in [0, 0.1) is 0 Å². The lowest BCUT2D eigenvalue weighted by atomic mass is 9.74. The van der Waals surface area contributed by atoms with Gasteiger partial charge < -0.3 is 0 Å². The number of allylic oxidation sites excluding steroid dienone is 1. The van der Waals surface area contributed by atoms with Gasteiger partial charge in [-0.1, -0.05) is 103 Å². The van der Waals surface area contributed by atoms with Crippen molar-refractivity contribution in [1.82, 2.24) is 5.01 Å². The average molecular weight is 479 g/mol. The summed E-state index contributed by atoms with van der Waals surface area (Å²) in [6.07, 6.45) is 0. The first-order chi connectivity index (χ1) is 18.1. The van der Waals surface area contributed by atoms with Gasteiger partial charge in [-0.15, -0.1) is 0 Å². The summed E-state index contributed by atoms with van der Waals surface area (Å²) in [7, 11) is 1.85. The first-order valence-corrected chi connectivity index (χ1v) is 12.3. The summed E-state index contributed by atoms with van der Waals surface area (Å²) in [5.41, 5.74) is 4.97. The lowest BCUT2D eigenvalue weighted by Crippen LogP contribution is -2.37. The molecule has 1 aliphatic carbocycles. The predicted octanol–water partition coefficient (Wildman–Crippen LogP) is 6.60. The van der Waals surface area contributed by atoms with Gasteiger partial charge in [0.1, 0.15) is 0 Å². The van der Waals surface area contributed by atoms with E-state index in [2.05, 4.69) is 60.7 Å². The summed E-state index contributed by atoms with van der Waals surface area (Å²) in [6.45, 7) is 0. The number of nitrogens with zero attached hydrogens (tertiary/aromatic N) is 2. The Labute approximate surface area is 214 Å². The second-order valence-corrected chi connectivity index (χ2v) is 9.58. The fourth-order valence-electron chi connectivity index (χ4n) is 5.69. The van der Waals surface area contributed by atoms with Gasteiger partial charge in [-0.05, 0) is 38.7 Å². The summed E-state index contributed by atoms with van der Waals surface area (Å²) in [4.78, 5) is 27.2. The van der Waals surface area contributed by atoms with E-state index in [1.54, 1.807) is 17.1 Å². The molecule has 0 saturated carbocycles. The monoisotopic (exact) mass is 478 g/mol. The van der Waals surface area contributed by atoms with Crippen LogP contribution < -0.4 is 0 Å². The highest BCUT2D eigenvalue weighted by atomic mass is 16.2. The van der Waals surface area contributed by atoms with Crippen molar-refractivity contribution in [3.05, 3.63) is 137 Å². The number of carbonyl (C=O) groups is 2. The summed E-state index contributed by atoms with van der Waals surface area (Å²) < 4.78 is 0. The molecule has 176 valence electrons. The first kappa shape index (κ1) is 21.5. The number of Topliss-reactive ketones (excluding diaryl/α,β-unsaturated/α-hetero) is 2. The second kappa shape index (κ2) is 8.10. The Balaban J connectivity index is 1.51. The first-order valence-electron chi connectivity index (χ1n) is 12.3. The maximum atomic E-state index is 13.8. The lowest BCUT2D eigenvalue weighted by Gasteiger charge is -2.36. The standard InChI is InChI=1S/C33H22N2O2/c1-35-31-26-12-6-7-13-27(26)32(36)33(37)29(31)28(24-16-14-20-8-2-4-10-22(20)18-24)30(34-35)25-17-15-21-9-3-5-11-23(21)19-25/h2-19,28H,1H3. The molecule has 0 amide bonds. The van der Waals surface area contributed by atoms with E-state index >= 15 is 0 Å². The van der Waals surface area contributed by atoms with Crippen LogP contribution in [0.5, 0.6) is 0 Å². The van der Waals surface area contributed by atoms with Crippen molar-refractivity contribution >= 4 is 44.5 Å². The van der Waals surface area contributed by atoms with E-state index < -0.39 is 17.5 Å². The topological polar surface area (TPSA) is 49.7 Å². The fourth-order valence-corrected chi connectivity index (χ4v) is 5.69. The van der Waals surface area contributed by atoms with Crippen LogP contribution in [0.2, 0.25) is 0 Å². The summed E-state index contributed by atoms with van der Waals surface area (Å²) in [5, 5.41) is 11.3. The van der Waals surface area contributed by atoms with E-state index in [0.717, 1.165) is 43.9 Å². The van der Waals surface area contributed by atoms with E-state index in [1.165, 1.54) is 0 Å². The number of hydrogen-bond donors (Lipinski definition) is 0. The highest BCUT2D eigenvalue weighted by Crippen LogP contribution is 2.44. The zero-order valence-electron chi connectivity index (χ0n) is 20.2. The molecule has 0 radical (unpaired) electrons. The zero-order valence-corrected chi connectivity index (χ0v) is 20.2. The molecule has 0 aromatic heterocycles. The molecule has 1 aliphatic heterocycles. The van der Waals surface area contributed by atoms with Gasteiger partial charge in [0.2, 0.25) is 11.6 Å². The van der Waals surface area contributed by atoms with Gasteiger partial charge in [-0.25, -0.2) is 0 Å². The molecular weight excluding hydrogens is 456 g/mol. The maximum Gasteiger partial charge on any atom is 0.233 e. The third-order valence-corrected chi connectivity index (χ3v) is 7.43. The van der Waals surface area contributed by atoms with Gasteiger partial charge in [0.05, 0.1) is 17.3 Å². The highest BCUT2D eigenvalue weighted by Gasteiger charge is 2.43. The van der Waals surface area contributed by atoms with E-state index in [0.29, 0.717) is 16.8 Å². The van der Waals surface area contributed by atoms with Gasteiger partial charge in [-0.2, -0.15) is 5.10 Å². The van der Waals surface area contributed by atoms with Crippen molar-refractivity contribution in [2.75, 3.05) is 7.05 Å². The fraction of sp³-hybridized carbons (Fsp3) is 0.0606. The second-order valence-electron chi connectivity index (χ2n) is 9.58. The van der Waals surface area contributed by atoms with Crippen LogP contribution in [-0.2, 0) is 4.79 Å². The minimum absolute atomic E-state index is 0.430. The van der Waals surface area contributed by atoms with E-state index in [4.69, 9.17) is 5.10 Å². The molecule has 37 heavy (non-hydrogen) atoms. The predicted molar refractivity (Wildman–Crippen MR) is 148 cm³/mol. The van der Waals surface area contributed by atoms with Crippen molar-refractivity contribution < 1.29 is 9.59 Å². The Kier molecular flexibility index (Phi) is 4.70. The van der Waals surface area contributed by atoms with Gasteiger partial charge in [0, 0.05) is 23.7 Å². The van der Waals surface area contributed by atoms with Gasteiger partial charge >= 0.3 is 0 Å². The largest absolute Gasteiger partial charge is 0.285 e. The number of hydrogen-bond acceptors (Lipinski definition) is 4. The normalized spacial score (nSPS) is 17.2. The minimum Gasteiger partial charge on any atom is -0.285 e. The lowest BCUT2D eigenvalue weighted by molar-refractivity contribution is -0.112. The zero-order chi connectivity index (χ0) is 25.1. The number of carbonyl (C=O) groups excluding carboxylic acids is 2. The van der Waals surface area contributed by atoms with E-state index in [-0.39, 0.29) is 0 Å². The smallest absolute Gasteiger partial charge is 0.233 e. The van der Waals surface area contributed by atoms with Crippen LogP contribution in [-0.4, -0.2) is 29.3 Å². The number of ketones is 2. The number of benzene rings is 5. The average Bonchev–Trinajstić information content (AvgIpc) is 2.95. The van der Waals surface area contributed by atoms with E-state index in [9.17, 15) is 9.59 Å². The molecule has 0 bridgehead atoms. The summed E-state index contributed by atoms with van der Waals surface area (Å²) in [5.74, 6) is -1.41. The van der Waals surface area contributed by atoms with Crippen molar-refractivity contribution in [1.29, 1.82) is 0 Å². The molecule has 0 saturated heterocycles. The maximum absolute atomic E-state index is 13.8. The third-order valence-electron chi connectivity index (χ3n) is 7.43. The van der Waals surface area contributed by atoms with Gasteiger partial charge in [-0.3, -0.25) is 14.6 Å². The molecule has 1 heterocycles. The Bertz CT molecular complexity index is 1850. The number of hydrazone groups is 1. The van der Waals surface area contributed by atoms with Crippen LogP contribution in [0.25, 0.3) is 27.2 Å². The van der Waals surface area contributed by atoms with Crippen LogP contribution in [0.15, 0.2) is 120 Å². The number of fused-ring (bicyclic) bond motifs is 4. The van der Waals surface area contributed by atoms with Gasteiger partial charge in [0.25, 0.3) is 0 Å².